The molecule has 0 fully saturated rings. The van der Waals surface area contributed by atoms with Gasteiger partial charge in [0.2, 0.25) is 5.78 Å². The summed E-state index contributed by atoms with van der Waals surface area (Å²) in [4.78, 5) is 32.4. The molecule has 0 aliphatic carbocycles. The average Bonchev–Trinajstić information content (AvgIpc) is 2.13. The molecule has 0 radical (unpaired) electrons. The number of rotatable bonds is 5. The van der Waals surface area contributed by atoms with Crippen molar-refractivity contribution in [1.29, 1.82) is 0 Å². The minimum Gasteiger partial charge on any atom is -0.457 e. The van der Waals surface area contributed by atoms with Crippen LogP contribution in [0.1, 0.15) is 20.8 Å². The fourth-order valence-electron chi connectivity index (χ4n) is 0.686. The number of carbonyl (C=O) groups excluding carboxylic acids is 3. The lowest BCUT2D eigenvalue weighted by atomic mass is 10.3. The molecule has 0 aromatic carbocycles. The number of hydrogen-bond donors (Lipinski definition) is 1. The summed E-state index contributed by atoms with van der Waals surface area (Å²) in [5.41, 5.74) is 0.291. The van der Waals surface area contributed by atoms with Gasteiger partial charge in [-0.2, -0.15) is 0 Å². The lowest BCUT2D eigenvalue weighted by Crippen LogP contribution is -2.36. The molecule has 0 rings (SSSR count). The quantitative estimate of drug-likeness (QED) is 0.402. The molecule has 1 unspecified atom stereocenters. The average molecular weight is 213 g/mol. The predicted molar refractivity (Wildman–Crippen MR) is 54.1 cm³/mol. The summed E-state index contributed by atoms with van der Waals surface area (Å²) in [6.07, 6.45) is -0.488. The smallest absolute Gasteiger partial charge is 0.333 e. The van der Waals surface area contributed by atoms with Crippen LogP contribution in [0.3, 0.4) is 0 Å². The summed E-state index contributed by atoms with van der Waals surface area (Å²) in [6.45, 7) is 7.83. The first-order valence-electron chi connectivity index (χ1n) is 4.49. The Balaban J connectivity index is 3.90. The van der Waals surface area contributed by atoms with Crippen molar-refractivity contribution in [2.24, 2.45) is 0 Å². The zero-order valence-corrected chi connectivity index (χ0v) is 9.12. The van der Waals surface area contributed by atoms with E-state index in [4.69, 9.17) is 4.74 Å². The van der Waals surface area contributed by atoms with Crippen LogP contribution in [0.4, 0.5) is 0 Å². The van der Waals surface area contributed by atoms with Crippen LogP contribution < -0.4 is 5.32 Å². The van der Waals surface area contributed by atoms with Crippen LogP contribution in [0.15, 0.2) is 12.2 Å². The van der Waals surface area contributed by atoms with Crippen molar-refractivity contribution in [3.63, 3.8) is 0 Å². The van der Waals surface area contributed by atoms with Crippen LogP contribution in [0.5, 0.6) is 0 Å². The van der Waals surface area contributed by atoms with Gasteiger partial charge in [-0.3, -0.25) is 9.59 Å². The van der Waals surface area contributed by atoms with Gasteiger partial charge in [-0.05, 0) is 13.8 Å². The Hall–Kier alpha value is -1.65. The van der Waals surface area contributed by atoms with Gasteiger partial charge in [0, 0.05) is 12.5 Å². The number of ketones is 1. The fourth-order valence-corrected chi connectivity index (χ4v) is 0.686. The molecule has 0 heterocycles. The number of ether oxygens (including phenoxy) is 1. The van der Waals surface area contributed by atoms with E-state index < -0.39 is 23.8 Å². The van der Waals surface area contributed by atoms with E-state index in [1.54, 1.807) is 6.92 Å². The summed E-state index contributed by atoms with van der Waals surface area (Å²) in [5.74, 6) is -1.78. The van der Waals surface area contributed by atoms with Crippen LogP contribution in [-0.4, -0.2) is 30.3 Å². The van der Waals surface area contributed by atoms with Gasteiger partial charge in [0.25, 0.3) is 5.91 Å². The van der Waals surface area contributed by atoms with Gasteiger partial charge >= 0.3 is 5.97 Å². The second-order valence-electron chi connectivity index (χ2n) is 3.26. The monoisotopic (exact) mass is 213 g/mol. The van der Waals surface area contributed by atoms with Crippen molar-refractivity contribution in [3.05, 3.63) is 12.2 Å². The molecule has 84 valence electrons. The molecule has 0 spiro atoms. The lowest BCUT2D eigenvalue weighted by Gasteiger charge is -2.13. The van der Waals surface area contributed by atoms with E-state index in [1.807, 2.05) is 0 Å². The molecular formula is C10H15NO4. The molecule has 5 nitrogen and oxygen atoms in total. The molecule has 0 saturated carbocycles. The normalized spacial score (nSPS) is 11.4. The molecule has 15 heavy (non-hydrogen) atoms. The van der Waals surface area contributed by atoms with Crippen LogP contribution in [0, 0.1) is 0 Å². The van der Waals surface area contributed by atoms with E-state index in [0.29, 0.717) is 5.57 Å². The van der Waals surface area contributed by atoms with Crippen molar-refractivity contribution in [2.75, 3.05) is 6.54 Å². The summed E-state index contributed by atoms with van der Waals surface area (Å²) < 4.78 is 4.88. The van der Waals surface area contributed by atoms with Crippen LogP contribution in [0.2, 0.25) is 0 Å². The molecule has 5 heteroatoms. The number of esters is 1. The third-order valence-corrected chi connectivity index (χ3v) is 1.53. The fraction of sp³-hybridized carbons (Fsp3) is 0.500. The summed E-state index contributed by atoms with van der Waals surface area (Å²) in [5, 5.41) is 2.33. The topological polar surface area (TPSA) is 72.5 Å². The molecular weight excluding hydrogens is 198 g/mol. The number of hydrogen-bond acceptors (Lipinski definition) is 4. The maximum Gasteiger partial charge on any atom is 0.333 e. The van der Waals surface area contributed by atoms with Gasteiger partial charge in [0.15, 0.2) is 0 Å². The molecule has 1 amide bonds. The van der Waals surface area contributed by atoms with E-state index in [0.717, 1.165) is 0 Å². The van der Waals surface area contributed by atoms with Crippen LogP contribution in [-0.2, 0) is 19.1 Å². The van der Waals surface area contributed by atoms with Crippen molar-refractivity contribution in [3.8, 4) is 0 Å². The van der Waals surface area contributed by atoms with E-state index in [2.05, 4.69) is 11.9 Å². The third kappa shape index (κ3) is 5.61. The summed E-state index contributed by atoms with van der Waals surface area (Å²) in [7, 11) is 0. The maximum atomic E-state index is 11.0. The first-order chi connectivity index (χ1) is 6.84. The Morgan fingerprint density at radius 1 is 1.33 bits per heavy atom. The summed E-state index contributed by atoms with van der Waals surface area (Å²) in [6, 6.07) is 0. The lowest BCUT2D eigenvalue weighted by molar-refractivity contribution is -0.144. The first-order valence-corrected chi connectivity index (χ1v) is 4.49. The van der Waals surface area contributed by atoms with Crippen molar-refractivity contribution < 1.29 is 19.1 Å². The Morgan fingerprint density at radius 2 is 1.87 bits per heavy atom. The molecule has 0 aromatic heterocycles. The minimum absolute atomic E-state index is 0.109. The van der Waals surface area contributed by atoms with Gasteiger partial charge < -0.3 is 10.1 Å². The van der Waals surface area contributed by atoms with E-state index >= 15 is 0 Å². The van der Waals surface area contributed by atoms with Gasteiger partial charge in [-0.25, -0.2) is 4.79 Å². The standard InChI is InChI=1S/C10H15NO4/c1-6(2)10(14)15-7(3)5-11-9(13)8(4)12/h7H,1,5H2,2-4H3,(H,11,13). The zero-order chi connectivity index (χ0) is 12.0. The summed E-state index contributed by atoms with van der Waals surface area (Å²) >= 11 is 0. The molecule has 0 aliphatic rings. The van der Waals surface area contributed by atoms with Crippen LogP contribution >= 0.6 is 0 Å². The van der Waals surface area contributed by atoms with Crippen molar-refractivity contribution in [1.82, 2.24) is 5.32 Å². The van der Waals surface area contributed by atoms with Crippen LogP contribution in [0.25, 0.3) is 0 Å². The highest BCUT2D eigenvalue weighted by atomic mass is 16.5. The minimum atomic E-state index is -0.687. The molecule has 0 bridgehead atoms. The SMILES string of the molecule is C=C(C)C(=O)OC(C)CNC(=O)C(C)=O. The highest BCUT2D eigenvalue weighted by Crippen LogP contribution is 1.97. The highest BCUT2D eigenvalue weighted by molar-refractivity contribution is 6.35. The second-order valence-corrected chi connectivity index (χ2v) is 3.26. The third-order valence-electron chi connectivity index (χ3n) is 1.53. The van der Waals surface area contributed by atoms with Gasteiger partial charge in [-0.15, -0.1) is 0 Å². The van der Waals surface area contributed by atoms with E-state index in [-0.39, 0.29) is 6.54 Å². The van der Waals surface area contributed by atoms with E-state index in [9.17, 15) is 14.4 Å². The van der Waals surface area contributed by atoms with Crippen molar-refractivity contribution in [2.45, 2.75) is 26.9 Å². The molecule has 0 saturated heterocycles. The van der Waals surface area contributed by atoms with Gasteiger partial charge in [0.1, 0.15) is 6.10 Å². The highest BCUT2D eigenvalue weighted by Gasteiger charge is 2.12. The van der Waals surface area contributed by atoms with Gasteiger partial charge in [-0.1, -0.05) is 6.58 Å². The van der Waals surface area contributed by atoms with E-state index in [1.165, 1.54) is 13.8 Å². The number of Topliss-reactive ketones (excluding diaryl/α,β-unsaturated/α-hetero) is 1. The molecule has 1 N–H and O–H groups in total. The number of nitrogens with one attached hydrogen (secondary N) is 1. The second kappa shape index (κ2) is 5.95. The Kier molecular flexibility index (Phi) is 5.30. The van der Waals surface area contributed by atoms with Gasteiger partial charge in [0.05, 0.1) is 6.54 Å². The molecule has 1 atom stereocenters. The maximum absolute atomic E-state index is 11.0. The largest absolute Gasteiger partial charge is 0.457 e. The number of carbonyl (C=O) groups is 3. The molecule has 0 aliphatic heterocycles. The van der Waals surface area contributed by atoms with Crippen molar-refractivity contribution >= 4 is 17.7 Å². The first kappa shape index (κ1) is 13.4. The molecule has 0 aromatic rings. The Bertz CT molecular complexity index is 296. The predicted octanol–water partition coefficient (Wildman–Crippen LogP) is 0.199. The zero-order valence-electron chi connectivity index (χ0n) is 9.12. The Labute approximate surface area is 88.5 Å². The Morgan fingerprint density at radius 3 is 2.27 bits per heavy atom. The number of amides is 1.